The third-order valence-electron chi connectivity index (χ3n) is 3.49. The number of hydrogen-bond acceptors (Lipinski definition) is 3. The van der Waals surface area contributed by atoms with Gasteiger partial charge in [-0.05, 0) is 68.1 Å². The highest BCUT2D eigenvalue weighted by atomic mass is 79.9. The first kappa shape index (κ1) is 17.5. The molecule has 0 unspecified atom stereocenters. The Balaban J connectivity index is 1.93. The Morgan fingerprint density at radius 2 is 1.70 bits per heavy atom. The van der Waals surface area contributed by atoms with E-state index in [2.05, 4.69) is 15.9 Å². The molecule has 23 heavy (non-hydrogen) atoms. The standard InChI is InChI=1S/C19H21BrO3/c1-4-22-17-8-5-15(6-9-17)7-10-18(21)23-19-13(2)11-16(20)12-14(19)3/h5-6,8-9,11-12H,4,7,10H2,1-3H3. The largest absolute Gasteiger partial charge is 0.494 e. The summed E-state index contributed by atoms with van der Waals surface area (Å²) < 4.78 is 11.9. The Hall–Kier alpha value is -1.81. The number of rotatable bonds is 6. The molecule has 0 aromatic heterocycles. The van der Waals surface area contributed by atoms with Crippen molar-refractivity contribution in [3.05, 3.63) is 57.6 Å². The van der Waals surface area contributed by atoms with Crippen LogP contribution in [0.15, 0.2) is 40.9 Å². The van der Waals surface area contributed by atoms with Gasteiger partial charge < -0.3 is 9.47 Å². The second-order valence-corrected chi connectivity index (χ2v) is 6.34. The van der Waals surface area contributed by atoms with Crippen molar-refractivity contribution in [1.29, 1.82) is 0 Å². The van der Waals surface area contributed by atoms with E-state index >= 15 is 0 Å². The fourth-order valence-electron chi connectivity index (χ4n) is 2.39. The van der Waals surface area contributed by atoms with Crippen LogP contribution in [0.25, 0.3) is 0 Å². The summed E-state index contributed by atoms with van der Waals surface area (Å²) in [4.78, 5) is 12.1. The average Bonchev–Trinajstić information content (AvgIpc) is 2.50. The Kier molecular flexibility index (Phi) is 6.22. The van der Waals surface area contributed by atoms with Crippen LogP contribution < -0.4 is 9.47 Å². The lowest BCUT2D eigenvalue weighted by molar-refractivity contribution is -0.134. The summed E-state index contributed by atoms with van der Waals surface area (Å²) >= 11 is 3.44. The summed E-state index contributed by atoms with van der Waals surface area (Å²) in [7, 11) is 0. The van der Waals surface area contributed by atoms with Crippen LogP contribution in [-0.4, -0.2) is 12.6 Å². The minimum Gasteiger partial charge on any atom is -0.494 e. The van der Waals surface area contributed by atoms with Crippen LogP contribution >= 0.6 is 15.9 Å². The van der Waals surface area contributed by atoms with E-state index in [1.165, 1.54) is 0 Å². The van der Waals surface area contributed by atoms with E-state index in [0.29, 0.717) is 25.2 Å². The number of hydrogen-bond donors (Lipinski definition) is 0. The molecule has 0 bridgehead atoms. The van der Waals surface area contributed by atoms with Crippen molar-refractivity contribution in [1.82, 2.24) is 0 Å². The van der Waals surface area contributed by atoms with Crippen molar-refractivity contribution < 1.29 is 14.3 Å². The molecule has 0 saturated heterocycles. The predicted octanol–water partition coefficient (Wildman–Crippen LogP) is 5.00. The molecule has 2 rings (SSSR count). The maximum absolute atomic E-state index is 12.1. The summed E-state index contributed by atoms with van der Waals surface area (Å²) in [6, 6.07) is 11.7. The summed E-state index contributed by atoms with van der Waals surface area (Å²) in [5, 5.41) is 0. The molecule has 0 saturated carbocycles. The molecule has 2 aromatic carbocycles. The monoisotopic (exact) mass is 376 g/mol. The lowest BCUT2D eigenvalue weighted by Crippen LogP contribution is -2.10. The number of esters is 1. The molecule has 0 spiro atoms. The maximum atomic E-state index is 12.1. The van der Waals surface area contributed by atoms with Gasteiger partial charge >= 0.3 is 5.97 Å². The van der Waals surface area contributed by atoms with Crippen molar-refractivity contribution in [2.75, 3.05) is 6.61 Å². The van der Waals surface area contributed by atoms with Crippen molar-refractivity contribution in [2.45, 2.75) is 33.6 Å². The molecule has 0 heterocycles. The number of halogens is 1. The zero-order chi connectivity index (χ0) is 16.8. The molecular formula is C19H21BrO3. The Bertz CT molecular complexity index is 655. The lowest BCUT2D eigenvalue weighted by atomic mass is 10.1. The van der Waals surface area contributed by atoms with Gasteiger partial charge in [0.25, 0.3) is 0 Å². The first-order valence-electron chi connectivity index (χ1n) is 7.68. The number of benzene rings is 2. The van der Waals surface area contributed by atoms with Gasteiger partial charge in [-0.25, -0.2) is 0 Å². The summed E-state index contributed by atoms with van der Waals surface area (Å²) in [5.41, 5.74) is 2.99. The molecule has 0 aliphatic heterocycles. The summed E-state index contributed by atoms with van der Waals surface area (Å²) in [5.74, 6) is 1.29. The Morgan fingerprint density at radius 3 is 2.26 bits per heavy atom. The van der Waals surface area contributed by atoms with E-state index in [1.807, 2.05) is 57.2 Å². The van der Waals surface area contributed by atoms with E-state index in [-0.39, 0.29) is 5.97 Å². The van der Waals surface area contributed by atoms with Gasteiger partial charge in [-0.2, -0.15) is 0 Å². The first-order valence-corrected chi connectivity index (χ1v) is 8.48. The highest BCUT2D eigenvalue weighted by Crippen LogP contribution is 2.27. The minimum atomic E-state index is -0.215. The van der Waals surface area contributed by atoms with Gasteiger partial charge in [0.2, 0.25) is 0 Å². The first-order chi connectivity index (χ1) is 11.0. The molecule has 0 fully saturated rings. The highest BCUT2D eigenvalue weighted by Gasteiger charge is 2.11. The zero-order valence-electron chi connectivity index (χ0n) is 13.7. The van der Waals surface area contributed by atoms with E-state index in [4.69, 9.17) is 9.47 Å². The fourth-order valence-corrected chi connectivity index (χ4v) is 3.08. The maximum Gasteiger partial charge on any atom is 0.311 e. The minimum absolute atomic E-state index is 0.215. The molecule has 0 aliphatic carbocycles. The molecule has 0 radical (unpaired) electrons. The van der Waals surface area contributed by atoms with E-state index < -0.39 is 0 Å². The van der Waals surface area contributed by atoms with Crippen molar-refractivity contribution in [3.8, 4) is 11.5 Å². The Morgan fingerprint density at radius 1 is 1.09 bits per heavy atom. The molecular weight excluding hydrogens is 356 g/mol. The van der Waals surface area contributed by atoms with Crippen LogP contribution in [0.4, 0.5) is 0 Å². The highest BCUT2D eigenvalue weighted by molar-refractivity contribution is 9.10. The predicted molar refractivity (Wildman–Crippen MR) is 95.2 cm³/mol. The van der Waals surface area contributed by atoms with Gasteiger partial charge in [0.1, 0.15) is 11.5 Å². The number of ether oxygens (including phenoxy) is 2. The van der Waals surface area contributed by atoms with Crippen LogP contribution in [-0.2, 0) is 11.2 Å². The molecule has 2 aromatic rings. The molecule has 0 amide bonds. The van der Waals surface area contributed by atoms with Gasteiger partial charge in [-0.3, -0.25) is 4.79 Å². The second kappa shape index (κ2) is 8.16. The normalized spacial score (nSPS) is 10.4. The van der Waals surface area contributed by atoms with Crippen molar-refractivity contribution >= 4 is 21.9 Å². The van der Waals surface area contributed by atoms with Gasteiger partial charge in [0, 0.05) is 10.9 Å². The molecule has 0 N–H and O–H groups in total. The van der Waals surface area contributed by atoms with Gasteiger partial charge in [0.05, 0.1) is 6.61 Å². The number of carbonyl (C=O) groups excluding carboxylic acids is 1. The fraction of sp³-hybridized carbons (Fsp3) is 0.316. The molecule has 0 aliphatic rings. The average molecular weight is 377 g/mol. The summed E-state index contributed by atoms with van der Waals surface area (Å²) in [6.45, 7) is 6.48. The molecule has 122 valence electrons. The van der Waals surface area contributed by atoms with Gasteiger partial charge in [-0.1, -0.05) is 28.1 Å². The van der Waals surface area contributed by atoms with Crippen molar-refractivity contribution in [3.63, 3.8) is 0 Å². The SMILES string of the molecule is CCOc1ccc(CCC(=O)Oc2c(C)cc(Br)cc2C)cc1. The summed E-state index contributed by atoms with van der Waals surface area (Å²) in [6.07, 6.45) is 1.00. The number of aryl methyl sites for hydroxylation is 3. The molecule has 0 atom stereocenters. The third-order valence-corrected chi connectivity index (χ3v) is 3.95. The zero-order valence-corrected chi connectivity index (χ0v) is 15.3. The van der Waals surface area contributed by atoms with Crippen molar-refractivity contribution in [2.24, 2.45) is 0 Å². The smallest absolute Gasteiger partial charge is 0.311 e. The van der Waals surface area contributed by atoms with Crippen LogP contribution in [0.1, 0.15) is 30.0 Å². The van der Waals surface area contributed by atoms with Crippen LogP contribution in [0, 0.1) is 13.8 Å². The van der Waals surface area contributed by atoms with Gasteiger partial charge in [-0.15, -0.1) is 0 Å². The van der Waals surface area contributed by atoms with E-state index in [1.54, 1.807) is 0 Å². The van der Waals surface area contributed by atoms with Gasteiger partial charge in [0.15, 0.2) is 0 Å². The van der Waals surface area contributed by atoms with Crippen LogP contribution in [0.3, 0.4) is 0 Å². The second-order valence-electron chi connectivity index (χ2n) is 5.42. The topological polar surface area (TPSA) is 35.5 Å². The van der Waals surface area contributed by atoms with Crippen LogP contribution in [0.2, 0.25) is 0 Å². The van der Waals surface area contributed by atoms with E-state index in [0.717, 1.165) is 26.9 Å². The number of carbonyl (C=O) groups is 1. The molecule has 3 nitrogen and oxygen atoms in total. The third kappa shape index (κ3) is 5.10. The van der Waals surface area contributed by atoms with Crippen LogP contribution in [0.5, 0.6) is 11.5 Å². The Labute approximate surface area is 145 Å². The lowest BCUT2D eigenvalue weighted by Gasteiger charge is -2.11. The molecule has 4 heteroatoms. The van der Waals surface area contributed by atoms with E-state index in [9.17, 15) is 4.79 Å². The quantitative estimate of drug-likeness (QED) is 0.525.